The molecule has 0 saturated carbocycles. The van der Waals surface area contributed by atoms with Gasteiger partial charge in [-0.3, -0.25) is 0 Å². The maximum absolute atomic E-state index is 14.0. The molecule has 0 aliphatic carbocycles. The molecule has 0 aromatic heterocycles. The minimum atomic E-state index is -1.33. The Bertz CT molecular complexity index is 621. The Hall–Kier alpha value is -2.23. The smallest absolute Gasteiger partial charge is 0.338 e. The lowest BCUT2D eigenvalue weighted by Gasteiger charge is -2.07. The number of halogens is 2. The first-order valence-electron chi connectivity index (χ1n) is 5.29. The molecule has 0 aliphatic heterocycles. The molecule has 0 atom stereocenters. The normalized spacial score (nSPS) is 10.4. The fourth-order valence-electron chi connectivity index (χ4n) is 1.73. The third-order valence-corrected chi connectivity index (χ3v) is 2.70. The van der Waals surface area contributed by atoms with Gasteiger partial charge < -0.3 is 5.11 Å². The van der Waals surface area contributed by atoms with E-state index in [0.717, 1.165) is 0 Å². The first kappa shape index (κ1) is 12.2. The van der Waals surface area contributed by atoms with E-state index in [9.17, 15) is 13.6 Å². The van der Waals surface area contributed by atoms with Crippen LogP contribution in [-0.2, 0) is 0 Å². The average molecular weight is 248 g/mol. The number of carboxylic acid groups (broad SMARTS) is 1. The third-order valence-electron chi connectivity index (χ3n) is 2.70. The summed E-state index contributed by atoms with van der Waals surface area (Å²) in [4.78, 5) is 10.8. The van der Waals surface area contributed by atoms with Crippen molar-refractivity contribution in [2.24, 2.45) is 0 Å². The molecule has 92 valence electrons. The molecule has 4 heteroatoms. The first-order valence-corrected chi connectivity index (χ1v) is 5.29. The van der Waals surface area contributed by atoms with Crippen molar-refractivity contribution in [3.63, 3.8) is 0 Å². The van der Waals surface area contributed by atoms with Gasteiger partial charge in [0, 0.05) is 5.56 Å². The molecule has 0 heterocycles. The van der Waals surface area contributed by atoms with Crippen molar-refractivity contribution in [1.29, 1.82) is 0 Å². The maximum atomic E-state index is 14.0. The molecular weight excluding hydrogens is 238 g/mol. The van der Waals surface area contributed by atoms with Crippen LogP contribution >= 0.6 is 0 Å². The summed E-state index contributed by atoms with van der Waals surface area (Å²) in [6.07, 6.45) is 0. The summed E-state index contributed by atoms with van der Waals surface area (Å²) in [5.41, 5.74) is 0.592. The second kappa shape index (κ2) is 4.56. The number of rotatable bonds is 2. The molecule has 2 nitrogen and oxygen atoms in total. The summed E-state index contributed by atoms with van der Waals surface area (Å²) in [7, 11) is 0. The van der Waals surface area contributed by atoms with Gasteiger partial charge in [0.05, 0.1) is 5.56 Å². The van der Waals surface area contributed by atoms with Gasteiger partial charge in [0.15, 0.2) is 0 Å². The van der Waals surface area contributed by atoms with E-state index in [1.165, 1.54) is 36.4 Å². The van der Waals surface area contributed by atoms with Crippen LogP contribution in [0.25, 0.3) is 11.1 Å². The predicted molar refractivity (Wildman–Crippen MR) is 63.5 cm³/mol. The lowest BCUT2D eigenvalue weighted by Crippen LogP contribution is -2.01. The molecular formula is C14H10F2O2. The molecule has 0 aliphatic rings. The number of aryl methyl sites for hydroxylation is 1. The minimum Gasteiger partial charge on any atom is -0.478 e. The van der Waals surface area contributed by atoms with E-state index in [2.05, 4.69) is 0 Å². The van der Waals surface area contributed by atoms with E-state index >= 15 is 0 Å². The maximum Gasteiger partial charge on any atom is 0.338 e. The fourth-order valence-corrected chi connectivity index (χ4v) is 1.73. The highest BCUT2D eigenvalue weighted by Crippen LogP contribution is 2.26. The summed E-state index contributed by atoms with van der Waals surface area (Å²) in [6.45, 7) is 1.57. The molecule has 2 aromatic carbocycles. The average Bonchev–Trinajstić information content (AvgIpc) is 2.33. The van der Waals surface area contributed by atoms with Crippen LogP contribution in [0.4, 0.5) is 8.78 Å². The molecule has 2 aromatic rings. The van der Waals surface area contributed by atoms with Crippen molar-refractivity contribution >= 4 is 5.97 Å². The largest absolute Gasteiger partial charge is 0.478 e. The van der Waals surface area contributed by atoms with E-state index in [1.54, 1.807) is 6.92 Å². The molecule has 0 radical (unpaired) electrons. The topological polar surface area (TPSA) is 37.3 Å². The van der Waals surface area contributed by atoms with Gasteiger partial charge in [-0.15, -0.1) is 0 Å². The molecule has 18 heavy (non-hydrogen) atoms. The van der Waals surface area contributed by atoms with E-state index < -0.39 is 17.3 Å². The fraction of sp³-hybridized carbons (Fsp3) is 0.0714. The zero-order valence-electron chi connectivity index (χ0n) is 9.58. The van der Waals surface area contributed by atoms with Crippen LogP contribution in [0.15, 0.2) is 36.4 Å². The Morgan fingerprint density at radius 3 is 2.50 bits per heavy atom. The molecule has 0 fully saturated rings. The van der Waals surface area contributed by atoms with Gasteiger partial charge in [0.25, 0.3) is 0 Å². The second-order valence-corrected chi connectivity index (χ2v) is 3.94. The monoisotopic (exact) mass is 248 g/mol. The van der Waals surface area contributed by atoms with Crippen molar-refractivity contribution in [3.8, 4) is 11.1 Å². The zero-order chi connectivity index (χ0) is 13.3. The Morgan fingerprint density at radius 1 is 1.17 bits per heavy atom. The molecule has 2 rings (SSSR count). The van der Waals surface area contributed by atoms with Gasteiger partial charge in [-0.1, -0.05) is 18.2 Å². The van der Waals surface area contributed by atoms with E-state index in [1.807, 2.05) is 0 Å². The number of hydrogen-bond donors (Lipinski definition) is 1. The van der Waals surface area contributed by atoms with E-state index in [4.69, 9.17) is 5.11 Å². The Kier molecular flexibility index (Phi) is 3.10. The highest BCUT2D eigenvalue weighted by Gasteiger charge is 2.15. The SMILES string of the molecule is Cc1cc(-c2cccc(C(=O)O)c2F)ccc1F. The number of aromatic carboxylic acids is 1. The van der Waals surface area contributed by atoms with E-state index in [0.29, 0.717) is 11.1 Å². The van der Waals surface area contributed by atoms with Gasteiger partial charge in [-0.2, -0.15) is 0 Å². The quantitative estimate of drug-likeness (QED) is 0.880. The van der Waals surface area contributed by atoms with Crippen molar-refractivity contribution in [1.82, 2.24) is 0 Å². The van der Waals surface area contributed by atoms with Crippen molar-refractivity contribution in [3.05, 3.63) is 59.2 Å². The number of carbonyl (C=O) groups is 1. The van der Waals surface area contributed by atoms with Gasteiger partial charge in [-0.25, -0.2) is 13.6 Å². The highest BCUT2D eigenvalue weighted by atomic mass is 19.1. The van der Waals surface area contributed by atoms with Crippen LogP contribution in [0.1, 0.15) is 15.9 Å². The lowest BCUT2D eigenvalue weighted by atomic mass is 10.0. The third kappa shape index (κ3) is 2.09. The number of hydrogen-bond acceptors (Lipinski definition) is 1. The number of carboxylic acids is 1. The summed E-state index contributed by atoms with van der Waals surface area (Å²) in [6, 6.07) is 8.26. The summed E-state index contributed by atoms with van der Waals surface area (Å²) >= 11 is 0. The Labute approximate surface area is 103 Å². The molecule has 0 spiro atoms. The van der Waals surface area contributed by atoms with Crippen molar-refractivity contribution in [2.75, 3.05) is 0 Å². The van der Waals surface area contributed by atoms with Crippen LogP contribution in [0.5, 0.6) is 0 Å². The van der Waals surface area contributed by atoms with Gasteiger partial charge in [0.2, 0.25) is 0 Å². The lowest BCUT2D eigenvalue weighted by molar-refractivity contribution is 0.0692. The summed E-state index contributed by atoms with van der Waals surface area (Å²) < 4.78 is 27.1. The predicted octanol–water partition coefficient (Wildman–Crippen LogP) is 3.64. The molecule has 0 bridgehead atoms. The second-order valence-electron chi connectivity index (χ2n) is 3.94. The van der Waals surface area contributed by atoms with Crippen molar-refractivity contribution in [2.45, 2.75) is 6.92 Å². The van der Waals surface area contributed by atoms with Gasteiger partial charge in [-0.05, 0) is 36.2 Å². The summed E-state index contributed by atoms with van der Waals surface area (Å²) in [5.74, 6) is -2.52. The minimum absolute atomic E-state index is 0.151. The first-order chi connectivity index (χ1) is 8.50. The summed E-state index contributed by atoms with van der Waals surface area (Å²) in [5, 5.41) is 8.84. The highest BCUT2D eigenvalue weighted by molar-refractivity contribution is 5.90. The molecule has 1 N–H and O–H groups in total. The molecule has 0 saturated heterocycles. The van der Waals surface area contributed by atoms with Gasteiger partial charge in [0.1, 0.15) is 11.6 Å². The Morgan fingerprint density at radius 2 is 1.89 bits per heavy atom. The van der Waals surface area contributed by atoms with Crippen molar-refractivity contribution < 1.29 is 18.7 Å². The van der Waals surface area contributed by atoms with Crippen LogP contribution in [0.2, 0.25) is 0 Å². The van der Waals surface area contributed by atoms with Crippen LogP contribution in [-0.4, -0.2) is 11.1 Å². The molecule has 0 amide bonds. The van der Waals surface area contributed by atoms with Gasteiger partial charge >= 0.3 is 5.97 Å². The van der Waals surface area contributed by atoms with Crippen LogP contribution in [0.3, 0.4) is 0 Å². The standard InChI is InChI=1S/C14H10F2O2/c1-8-7-9(5-6-12(8)15)10-3-2-4-11(13(10)16)14(17)18/h2-7H,1H3,(H,17,18). The van der Waals surface area contributed by atoms with Crippen LogP contribution < -0.4 is 0 Å². The zero-order valence-corrected chi connectivity index (χ0v) is 9.58. The number of benzene rings is 2. The van der Waals surface area contributed by atoms with Crippen LogP contribution in [0, 0.1) is 18.6 Å². The van der Waals surface area contributed by atoms with E-state index in [-0.39, 0.29) is 11.4 Å². The molecule has 0 unspecified atom stereocenters. The Balaban J connectivity index is 2.60.